The summed E-state index contributed by atoms with van der Waals surface area (Å²) in [6.07, 6.45) is 3.18. The first kappa shape index (κ1) is 16.0. The highest BCUT2D eigenvalue weighted by Crippen LogP contribution is 2.16. The Morgan fingerprint density at radius 1 is 1.43 bits per heavy atom. The molecule has 1 heterocycles. The Balaban J connectivity index is 1.90. The number of likely N-dealkylation sites (N-methyl/N-ethyl adjacent to an activating group) is 2. The fourth-order valence-electron chi connectivity index (χ4n) is 2.91. The third kappa shape index (κ3) is 5.17. The van der Waals surface area contributed by atoms with Gasteiger partial charge in [-0.05, 0) is 51.2 Å². The Morgan fingerprint density at radius 3 is 3.00 bits per heavy atom. The smallest absolute Gasteiger partial charge is 0.0540 e. The van der Waals surface area contributed by atoms with Crippen molar-refractivity contribution in [3.05, 3.63) is 35.4 Å². The molecule has 1 unspecified atom stereocenters. The fourth-order valence-corrected chi connectivity index (χ4v) is 2.91. The lowest BCUT2D eigenvalue weighted by molar-refractivity contribution is 0.215. The Morgan fingerprint density at radius 2 is 2.29 bits per heavy atom. The molecule has 0 radical (unpaired) electrons. The molecule has 1 aliphatic rings. The highest BCUT2D eigenvalue weighted by atomic mass is 16.2. The van der Waals surface area contributed by atoms with Crippen molar-refractivity contribution < 1.29 is 5.11 Å². The second-order valence-corrected chi connectivity index (χ2v) is 5.95. The molecule has 0 saturated carbocycles. The molecule has 2 rings (SSSR count). The number of likely N-dealkylation sites (tertiary alicyclic amines) is 1. The van der Waals surface area contributed by atoms with Crippen molar-refractivity contribution >= 4 is 0 Å². The van der Waals surface area contributed by atoms with Crippen LogP contribution < -0.4 is 0 Å². The quantitative estimate of drug-likeness (QED) is 0.838. The average molecular weight is 286 g/mol. The molecule has 21 heavy (non-hydrogen) atoms. The highest BCUT2D eigenvalue weighted by Gasteiger charge is 2.21. The molecule has 1 fully saturated rings. The van der Waals surface area contributed by atoms with Crippen molar-refractivity contribution in [2.75, 3.05) is 33.8 Å². The van der Waals surface area contributed by atoms with E-state index in [9.17, 15) is 0 Å². The van der Waals surface area contributed by atoms with Gasteiger partial charge in [-0.25, -0.2) is 0 Å². The first-order valence-electron chi connectivity index (χ1n) is 7.76. The SMILES string of the molecule is CN(Cc1cccc(C#CCCO)c1)CC1CCCN1C. The van der Waals surface area contributed by atoms with Gasteiger partial charge in [-0.3, -0.25) is 0 Å². The summed E-state index contributed by atoms with van der Waals surface area (Å²) in [6.45, 7) is 3.44. The summed E-state index contributed by atoms with van der Waals surface area (Å²) in [5.41, 5.74) is 2.33. The van der Waals surface area contributed by atoms with Crippen LogP contribution >= 0.6 is 0 Å². The van der Waals surface area contributed by atoms with Gasteiger partial charge in [-0.2, -0.15) is 0 Å². The lowest BCUT2D eigenvalue weighted by Gasteiger charge is -2.25. The zero-order chi connectivity index (χ0) is 15.1. The van der Waals surface area contributed by atoms with E-state index < -0.39 is 0 Å². The lowest BCUT2D eigenvalue weighted by atomic mass is 10.1. The monoisotopic (exact) mass is 286 g/mol. The molecule has 1 N–H and O–H groups in total. The van der Waals surface area contributed by atoms with Gasteiger partial charge in [0.05, 0.1) is 6.61 Å². The first-order chi connectivity index (χ1) is 10.2. The summed E-state index contributed by atoms with van der Waals surface area (Å²) < 4.78 is 0. The summed E-state index contributed by atoms with van der Waals surface area (Å²) >= 11 is 0. The highest BCUT2D eigenvalue weighted by molar-refractivity contribution is 5.37. The van der Waals surface area contributed by atoms with Gasteiger partial charge in [0.1, 0.15) is 0 Å². The summed E-state index contributed by atoms with van der Waals surface area (Å²) in [4.78, 5) is 4.86. The number of aliphatic hydroxyl groups is 1. The van der Waals surface area contributed by atoms with Crippen LogP contribution in [0.15, 0.2) is 24.3 Å². The van der Waals surface area contributed by atoms with Crippen LogP contribution in [0.1, 0.15) is 30.4 Å². The average Bonchev–Trinajstić information content (AvgIpc) is 2.85. The van der Waals surface area contributed by atoms with E-state index in [-0.39, 0.29) is 6.61 Å². The molecule has 1 aromatic carbocycles. The minimum Gasteiger partial charge on any atom is -0.395 e. The van der Waals surface area contributed by atoms with Crippen molar-refractivity contribution in [3.8, 4) is 11.8 Å². The van der Waals surface area contributed by atoms with E-state index in [4.69, 9.17) is 5.11 Å². The number of nitrogens with zero attached hydrogens (tertiary/aromatic N) is 2. The number of hydrogen-bond donors (Lipinski definition) is 1. The maximum Gasteiger partial charge on any atom is 0.0540 e. The first-order valence-corrected chi connectivity index (χ1v) is 7.76. The fraction of sp³-hybridized carbons (Fsp3) is 0.556. The molecule has 0 aromatic heterocycles. The van der Waals surface area contributed by atoms with E-state index in [1.54, 1.807) is 0 Å². The molecule has 114 valence electrons. The minimum absolute atomic E-state index is 0.129. The topological polar surface area (TPSA) is 26.7 Å². The van der Waals surface area contributed by atoms with Gasteiger partial charge in [0.2, 0.25) is 0 Å². The van der Waals surface area contributed by atoms with Crippen LogP contribution in [-0.2, 0) is 6.54 Å². The molecule has 0 amide bonds. The molecule has 1 saturated heterocycles. The molecule has 1 aromatic rings. The van der Waals surface area contributed by atoms with E-state index in [1.807, 2.05) is 6.07 Å². The van der Waals surface area contributed by atoms with Crippen LogP contribution in [0.2, 0.25) is 0 Å². The van der Waals surface area contributed by atoms with Crippen LogP contribution in [0, 0.1) is 11.8 Å². The van der Waals surface area contributed by atoms with Gasteiger partial charge in [0.25, 0.3) is 0 Å². The maximum absolute atomic E-state index is 8.76. The van der Waals surface area contributed by atoms with Crippen molar-refractivity contribution in [3.63, 3.8) is 0 Å². The molecule has 3 heteroatoms. The van der Waals surface area contributed by atoms with Crippen LogP contribution in [0.3, 0.4) is 0 Å². The molecule has 1 aliphatic heterocycles. The number of aliphatic hydroxyl groups excluding tert-OH is 1. The zero-order valence-electron chi connectivity index (χ0n) is 13.2. The lowest BCUT2D eigenvalue weighted by Crippen LogP contribution is -2.36. The zero-order valence-corrected chi connectivity index (χ0v) is 13.2. The number of hydrogen-bond acceptors (Lipinski definition) is 3. The Kier molecular flexibility index (Phi) is 6.25. The molecule has 0 aliphatic carbocycles. The van der Waals surface area contributed by atoms with Gasteiger partial charge in [-0.15, -0.1) is 0 Å². The van der Waals surface area contributed by atoms with Gasteiger partial charge in [0.15, 0.2) is 0 Å². The Bertz CT molecular complexity index is 503. The van der Waals surface area contributed by atoms with Crippen LogP contribution in [-0.4, -0.2) is 54.7 Å². The molecular weight excluding hydrogens is 260 g/mol. The van der Waals surface area contributed by atoms with E-state index >= 15 is 0 Å². The molecule has 1 atom stereocenters. The third-order valence-electron chi connectivity index (χ3n) is 4.04. The predicted octanol–water partition coefficient (Wildman–Crippen LogP) is 1.95. The summed E-state index contributed by atoms with van der Waals surface area (Å²) in [6, 6.07) is 9.10. The summed E-state index contributed by atoms with van der Waals surface area (Å²) in [5.74, 6) is 6.08. The van der Waals surface area contributed by atoms with Gasteiger partial charge < -0.3 is 14.9 Å². The Labute approximate surface area is 128 Å². The van der Waals surface area contributed by atoms with Crippen LogP contribution in [0.4, 0.5) is 0 Å². The van der Waals surface area contributed by atoms with E-state index in [2.05, 4.69) is 53.9 Å². The molecule has 0 bridgehead atoms. The van der Waals surface area contributed by atoms with Crippen LogP contribution in [0.25, 0.3) is 0 Å². The molecule has 3 nitrogen and oxygen atoms in total. The van der Waals surface area contributed by atoms with E-state index in [1.165, 1.54) is 24.9 Å². The molecular formula is C18H26N2O. The summed E-state index contributed by atoms with van der Waals surface area (Å²) in [5, 5.41) is 8.76. The van der Waals surface area contributed by atoms with Gasteiger partial charge in [-0.1, -0.05) is 24.0 Å². The normalized spacial score (nSPS) is 18.8. The van der Waals surface area contributed by atoms with Gasteiger partial charge >= 0.3 is 0 Å². The van der Waals surface area contributed by atoms with Crippen LogP contribution in [0.5, 0.6) is 0 Å². The van der Waals surface area contributed by atoms with Crippen molar-refractivity contribution in [2.24, 2.45) is 0 Å². The van der Waals surface area contributed by atoms with Crippen molar-refractivity contribution in [1.82, 2.24) is 9.80 Å². The van der Waals surface area contributed by atoms with E-state index in [0.29, 0.717) is 12.5 Å². The second kappa shape index (κ2) is 8.19. The third-order valence-corrected chi connectivity index (χ3v) is 4.04. The van der Waals surface area contributed by atoms with E-state index in [0.717, 1.165) is 18.7 Å². The summed E-state index contributed by atoms with van der Waals surface area (Å²) in [7, 11) is 4.42. The standard InChI is InChI=1S/C18H26N2O/c1-19(15-18-10-6-11-20(18)2)14-17-9-5-8-16(13-17)7-3-4-12-21/h5,8-9,13,18,21H,4,6,10-12,14-15H2,1-2H3. The minimum atomic E-state index is 0.129. The van der Waals surface area contributed by atoms with Crippen molar-refractivity contribution in [2.45, 2.75) is 31.8 Å². The maximum atomic E-state index is 8.76. The Hall–Kier alpha value is -1.34. The largest absolute Gasteiger partial charge is 0.395 e. The number of rotatable bonds is 5. The van der Waals surface area contributed by atoms with Crippen molar-refractivity contribution in [1.29, 1.82) is 0 Å². The number of benzene rings is 1. The van der Waals surface area contributed by atoms with Gasteiger partial charge in [0, 0.05) is 31.1 Å². The second-order valence-electron chi connectivity index (χ2n) is 5.95. The molecule has 0 spiro atoms. The predicted molar refractivity (Wildman–Crippen MR) is 87.0 cm³/mol.